The molecule has 14 heavy (non-hydrogen) atoms. The minimum atomic E-state index is -0.516. The van der Waals surface area contributed by atoms with Crippen LogP contribution in [0.15, 0.2) is 0 Å². The average Bonchev–Trinajstić information content (AvgIpc) is 2.52. The highest BCUT2D eigenvalue weighted by molar-refractivity contribution is 4.88. The van der Waals surface area contributed by atoms with Crippen LogP contribution in [0.3, 0.4) is 0 Å². The van der Waals surface area contributed by atoms with Crippen molar-refractivity contribution >= 4 is 0 Å². The van der Waals surface area contributed by atoms with Gasteiger partial charge in [0.2, 0.25) is 0 Å². The fourth-order valence-corrected chi connectivity index (χ4v) is 1.91. The summed E-state index contributed by atoms with van der Waals surface area (Å²) in [7, 11) is 0. The highest BCUT2D eigenvalue weighted by atomic mass is 16.5. The molecule has 0 radical (unpaired) electrons. The molecule has 3 atom stereocenters. The lowest BCUT2D eigenvalue weighted by molar-refractivity contribution is -0.0178. The van der Waals surface area contributed by atoms with Gasteiger partial charge in [0.15, 0.2) is 0 Å². The van der Waals surface area contributed by atoms with Crippen molar-refractivity contribution in [1.82, 2.24) is 4.90 Å². The van der Waals surface area contributed by atoms with E-state index >= 15 is 0 Å². The number of aliphatic hydroxyl groups excluding tert-OH is 1. The summed E-state index contributed by atoms with van der Waals surface area (Å²) in [5.41, 5.74) is 5.66. The molecule has 2 rings (SSSR count). The second-order valence-corrected chi connectivity index (χ2v) is 3.94. The lowest BCUT2D eigenvalue weighted by Gasteiger charge is -2.29. The molecule has 82 valence electrons. The van der Waals surface area contributed by atoms with Crippen LogP contribution in [0.4, 0.5) is 0 Å². The van der Waals surface area contributed by atoms with Gasteiger partial charge >= 0.3 is 0 Å². The summed E-state index contributed by atoms with van der Waals surface area (Å²) < 4.78 is 10.7. The van der Waals surface area contributed by atoms with Crippen molar-refractivity contribution in [1.29, 1.82) is 0 Å². The molecule has 3 unspecified atom stereocenters. The number of nitrogens with two attached hydrogens (primary N) is 1. The molecule has 0 aromatic rings. The van der Waals surface area contributed by atoms with Crippen molar-refractivity contribution in [2.45, 2.75) is 18.2 Å². The SMILES string of the molecule is NC1COC(CN2CCOCC2)C1O. The number of hydrogen-bond acceptors (Lipinski definition) is 5. The van der Waals surface area contributed by atoms with Gasteiger partial charge in [-0.1, -0.05) is 0 Å². The molecule has 5 nitrogen and oxygen atoms in total. The van der Waals surface area contributed by atoms with E-state index in [1.807, 2.05) is 0 Å². The van der Waals surface area contributed by atoms with Crippen molar-refractivity contribution in [3.05, 3.63) is 0 Å². The number of ether oxygens (including phenoxy) is 2. The fourth-order valence-electron chi connectivity index (χ4n) is 1.91. The van der Waals surface area contributed by atoms with Crippen LogP contribution in [0.1, 0.15) is 0 Å². The summed E-state index contributed by atoms with van der Waals surface area (Å²) in [6.07, 6.45) is -0.638. The highest BCUT2D eigenvalue weighted by Crippen LogP contribution is 2.14. The van der Waals surface area contributed by atoms with Gasteiger partial charge in [-0.3, -0.25) is 4.90 Å². The van der Waals surface area contributed by atoms with E-state index in [2.05, 4.69) is 4.90 Å². The molecule has 2 saturated heterocycles. The Morgan fingerprint density at radius 2 is 2.07 bits per heavy atom. The zero-order valence-corrected chi connectivity index (χ0v) is 8.26. The maximum atomic E-state index is 9.68. The maximum absolute atomic E-state index is 9.68. The van der Waals surface area contributed by atoms with E-state index in [0.29, 0.717) is 6.61 Å². The molecule has 0 aliphatic carbocycles. The second kappa shape index (κ2) is 4.55. The minimum Gasteiger partial charge on any atom is -0.389 e. The number of morpholine rings is 1. The first-order chi connectivity index (χ1) is 6.77. The Labute approximate surface area is 83.8 Å². The molecule has 0 bridgehead atoms. The molecule has 2 fully saturated rings. The first kappa shape index (κ1) is 10.3. The minimum absolute atomic E-state index is 0.122. The van der Waals surface area contributed by atoms with Crippen molar-refractivity contribution in [2.75, 3.05) is 39.5 Å². The molecule has 2 aliphatic heterocycles. The standard InChI is InChI=1S/C9H18N2O3/c10-7-6-14-8(9(7)12)5-11-1-3-13-4-2-11/h7-9,12H,1-6,10H2. The fraction of sp³-hybridized carbons (Fsp3) is 1.00. The van der Waals surface area contributed by atoms with Crippen molar-refractivity contribution in [3.8, 4) is 0 Å². The van der Waals surface area contributed by atoms with Crippen LogP contribution in [-0.4, -0.2) is 67.7 Å². The molecule has 0 saturated carbocycles. The topological polar surface area (TPSA) is 68.0 Å². The van der Waals surface area contributed by atoms with Crippen molar-refractivity contribution in [2.24, 2.45) is 5.73 Å². The number of hydrogen-bond donors (Lipinski definition) is 2. The first-order valence-electron chi connectivity index (χ1n) is 5.13. The molecular formula is C9H18N2O3. The average molecular weight is 202 g/mol. The van der Waals surface area contributed by atoms with Crippen LogP contribution in [0, 0.1) is 0 Å². The molecule has 5 heteroatoms. The van der Waals surface area contributed by atoms with Crippen LogP contribution in [-0.2, 0) is 9.47 Å². The zero-order valence-electron chi connectivity index (χ0n) is 8.26. The smallest absolute Gasteiger partial charge is 0.0987 e. The van der Waals surface area contributed by atoms with Crippen molar-refractivity contribution in [3.63, 3.8) is 0 Å². The predicted octanol–water partition coefficient (Wildman–Crippen LogP) is -1.59. The van der Waals surface area contributed by atoms with E-state index in [9.17, 15) is 5.11 Å². The summed E-state index contributed by atoms with van der Waals surface area (Å²) in [6.45, 7) is 4.61. The summed E-state index contributed by atoms with van der Waals surface area (Å²) >= 11 is 0. The van der Waals surface area contributed by atoms with Crippen LogP contribution < -0.4 is 5.73 Å². The van der Waals surface area contributed by atoms with Crippen LogP contribution in [0.5, 0.6) is 0 Å². The van der Waals surface area contributed by atoms with Gasteiger partial charge in [0.1, 0.15) is 0 Å². The number of nitrogens with zero attached hydrogens (tertiary/aromatic N) is 1. The number of rotatable bonds is 2. The van der Waals surface area contributed by atoms with Gasteiger partial charge in [-0.15, -0.1) is 0 Å². The normalized spacial score (nSPS) is 40.3. The summed E-state index contributed by atoms with van der Waals surface area (Å²) in [4.78, 5) is 2.25. The van der Waals surface area contributed by atoms with Crippen LogP contribution in [0.25, 0.3) is 0 Å². The van der Waals surface area contributed by atoms with Gasteiger partial charge in [0.25, 0.3) is 0 Å². The third-order valence-corrected chi connectivity index (χ3v) is 2.86. The monoisotopic (exact) mass is 202 g/mol. The molecule has 2 aliphatic rings. The first-order valence-corrected chi connectivity index (χ1v) is 5.13. The Hall–Kier alpha value is -0.200. The highest BCUT2D eigenvalue weighted by Gasteiger charge is 2.34. The Balaban J connectivity index is 1.79. The largest absolute Gasteiger partial charge is 0.389 e. The number of aliphatic hydroxyl groups is 1. The summed E-state index contributed by atoms with van der Waals surface area (Å²) in [6, 6.07) is -0.221. The van der Waals surface area contributed by atoms with E-state index in [1.54, 1.807) is 0 Å². The van der Waals surface area contributed by atoms with Gasteiger partial charge in [0.05, 0.1) is 38.1 Å². The van der Waals surface area contributed by atoms with E-state index in [-0.39, 0.29) is 12.1 Å². The lowest BCUT2D eigenvalue weighted by Crippen LogP contribution is -2.46. The van der Waals surface area contributed by atoms with Gasteiger partial charge < -0.3 is 20.3 Å². The lowest BCUT2D eigenvalue weighted by atomic mass is 10.1. The molecular weight excluding hydrogens is 184 g/mol. The van der Waals surface area contributed by atoms with Crippen LogP contribution >= 0.6 is 0 Å². The molecule has 0 aromatic carbocycles. The quantitative estimate of drug-likeness (QED) is 0.565. The Kier molecular flexibility index (Phi) is 3.35. The Bertz CT molecular complexity index is 185. The van der Waals surface area contributed by atoms with Crippen LogP contribution in [0.2, 0.25) is 0 Å². The van der Waals surface area contributed by atoms with Gasteiger partial charge in [-0.2, -0.15) is 0 Å². The Morgan fingerprint density at radius 1 is 1.36 bits per heavy atom. The predicted molar refractivity (Wildman–Crippen MR) is 51.0 cm³/mol. The Morgan fingerprint density at radius 3 is 2.64 bits per heavy atom. The van der Waals surface area contributed by atoms with E-state index in [1.165, 1.54) is 0 Å². The van der Waals surface area contributed by atoms with Crippen molar-refractivity contribution < 1.29 is 14.6 Å². The van der Waals surface area contributed by atoms with E-state index in [4.69, 9.17) is 15.2 Å². The molecule has 0 spiro atoms. The van der Waals surface area contributed by atoms with Gasteiger partial charge in [0, 0.05) is 19.6 Å². The third kappa shape index (κ3) is 2.24. The van der Waals surface area contributed by atoms with E-state index < -0.39 is 6.10 Å². The second-order valence-electron chi connectivity index (χ2n) is 3.94. The third-order valence-electron chi connectivity index (χ3n) is 2.86. The molecule has 0 aromatic heterocycles. The zero-order chi connectivity index (χ0) is 9.97. The van der Waals surface area contributed by atoms with Gasteiger partial charge in [-0.05, 0) is 0 Å². The van der Waals surface area contributed by atoms with E-state index in [0.717, 1.165) is 32.8 Å². The maximum Gasteiger partial charge on any atom is 0.0987 e. The molecule has 2 heterocycles. The summed E-state index contributed by atoms with van der Waals surface area (Å²) in [5.74, 6) is 0. The van der Waals surface area contributed by atoms with Gasteiger partial charge in [-0.25, -0.2) is 0 Å². The summed E-state index contributed by atoms with van der Waals surface area (Å²) in [5, 5.41) is 9.68. The molecule has 0 amide bonds. The molecule has 3 N–H and O–H groups in total.